The van der Waals surface area contributed by atoms with Crippen LogP contribution in [0.15, 0.2) is 12.1 Å². The van der Waals surface area contributed by atoms with Gasteiger partial charge in [0.2, 0.25) is 0 Å². The van der Waals surface area contributed by atoms with Crippen molar-refractivity contribution in [2.24, 2.45) is 5.92 Å². The van der Waals surface area contributed by atoms with E-state index in [-0.39, 0.29) is 10.6 Å². The fraction of sp³-hybridized carbons (Fsp3) is 0.643. The predicted molar refractivity (Wildman–Crippen MR) is 80.3 cm³/mol. The average Bonchev–Trinajstić information content (AvgIpc) is 2.46. The van der Waals surface area contributed by atoms with Crippen LogP contribution >= 0.6 is 0 Å². The van der Waals surface area contributed by atoms with Crippen molar-refractivity contribution in [2.75, 3.05) is 24.3 Å². The van der Waals surface area contributed by atoms with Crippen molar-refractivity contribution >= 4 is 17.3 Å². The van der Waals surface area contributed by atoms with E-state index in [2.05, 4.69) is 22.1 Å². The molecular formula is C14H22N4O2. The highest BCUT2D eigenvalue weighted by Gasteiger charge is 2.24. The van der Waals surface area contributed by atoms with Gasteiger partial charge >= 0.3 is 0 Å². The van der Waals surface area contributed by atoms with Gasteiger partial charge in [0.25, 0.3) is 5.69 Å². The number of hydrogen-bond donors (Lipinski definition) is 1. The maximum absolute atomic E-state index is 11.0. The number of pyridine rings is 1. The zero-order valence-corrected chi connectivity index (χ0v) is 12.3. The molecule has 0 radical (unpaired) electrons. The average molecular weight is 278 g/mol. The van der Waals surface area contributed by atoms with Crippen LogP contribution in [0.3, 0.4) is 0 Å². The Morgan fingerprint density at radius 2 is 2.00 bits per heavy atom. The van der Waals surface area contributed by atoms with E-state index in [1.807, 2.05) is 7.05 Å². The van der Waals surface area contributed by atoms with Crippen molar-refractivity contribution < 1.29 is 4.92 Å². The van der Waals surface area contributed by atoms with Crippen LogP contribution in [0.25, 0.3) is 0 Å². The summed E-state index contributed by atoms with van der Waals surface area (Å²) in [5.41, 5.74) is 0.0791. The minimum absolute atomic E-state index is 0.0791. The third-order valence-electron chi connectivity index (χ3n) is 4.16. The summed E-state index contributed by atoms with van der Waals surface area (Å²) in [4.78, 5) is 17.1. The molecule has 0 saturated heterocycles. The largest absolute Gasteiger partial charge is 0.373 e. The minimum atomic E-state index is -0.372. The molecular weight excluding hydrogens is 256 g/mol. The lowest BCUT2D eigenvalue weighted by Crippen LogP contribution is -2.35. The Morgan fingerprint density at radius 3 is 2.55 bits per heavy atom. The van der Waals surface area contributed by atoms with Crippen LogP contribution in [0.5, 0.6) is 0 Å². The van der Waals surface area contributed by atoms with Gasteiger partial charge in [-0.2, -0.15) is 0 Å². The zero-order chi connectivity index (χ0) is 14.7. The van der Waals surface area contributed by atoms with E-state index in [0.29, 0.717) is 17.7 Å². The van der Waals surface area contributed by atoms with Crippen LogP contribution in [0.4, 0.5) is 17.3 Å². The molecule has 0 amide bonds. The second kappa shape index (κ2) is 6.07. The third kappa shape index (κ3) is 3.18. The highest BCUT2D eigenvalue weighted by molar-refractivity contribution is 5.55. The second-order valence-electron chi connectivity index (χ2n) is 5.60. The fourth-order valence-corrected chi connectivity index (χ4v) is 2.73. The SMILES string of the molecule is CNc1cc([N+](=O)[O-])cc(N(C)C2CCC(C)CC2)n1. The summed E-state index contributed by atoms with van der Waals surface area (Å²) < 4.78 is 0. The Bertz CT molecular complexity index is 484. The quantitative estimate of drug-likeness (QED) is 0.677. The molecule has 1 aromatic rings. The van der Waals surface area contributed by atoms with Crippen LogP contribution in [-0.2, 0) is 0 Å². The number of nitro groups is 1. The number of anilines is 2. The van der Waals surface area contributed by atoms with Gasteiger partial charge in [-0.15, -0.1) is 0 Å². The van der Waals surface area contributed by atoms with E-state index >= 15 is 0 Å². The van der Waals surface area contributed by atoms with Crippen molar-refractivity contribution in [1.82, 2.24) is 4.98 Å². The Balaban J connectivity index is 2.22. The zero-order valence-electron chi connectivity index (χ0n) is 12.3. The molecule has 2 rings (SSSR count). The van der Waals surface area contributed by atoms with Crippen LogP contribution < -0.4 is 10.2 Å². The summed E-state index contributed by atoms with van der Waals surface area (Å²) in [6, 6.07) is 3.43. The molecule has 0 aromatic carbocycles. The highest BCUT2D eigenvalue weighted by atomic mass is 16.6. The Morgan fingerprint density at radius 1 is 1.35 bits per heavy atom. The second-order valence-corrected chi connectivity index (χ2v) is 5.60. The maximum atomic E-state index is 11.0. The van der Waals surface area contributed by atoms with Crippen molar-refractivity contribution in [3.8, 4) is 0 Å². The van der Waals surface area contributed by atoms with Gasteiger partial charge in [-0.1, -0.05) is 6.92 Å². The van der Waals surface area contributed by atoms with Gasteiger partial charge in [0.15, 0.2) is 0 Å². The first-order valence-corrected chi connectivity index (χ1v) is 7.08. The lowest BCUT2D eigenvalue weighted by Gasteiger charge is -2.34. The van der Waals surface area contributed by atoms with E-state index in [1.54, 1.807) is 13.1 Å². The molecule has 6 nitrogen and oxygen atoms in total. The summed E-state index contributed by atoms with van der Waals surface area (Å²) in [6.45, 7) is 2.28. The molecule has 1 aromatic heterocycles. The van der Waals surface area contributed by atoms with Crippen molar-refractivity contribution in [3.05, 3.63) is 22.2 Å². The monoisotopic (exact) mass is 278 g/mol. The van der Waals surface area contributed by atoms with Crippen LogP contribution in [0, 0.1) is 16.0 Å². The Hall–Kier alpha value is -1.85. The van der Waals surface area contributed by atoms with Gasteiger partial charge in [0, 0.05) is 20.1 Å². The van der Waals surface area contributed by atoms with Crippen molar-refractivity contribution in [2.45, 2.75) is 38.6 Å². The van der Waals surface area contributed by atoms with E-state index in [9.17, 15) is 10.1 Å². The van der Waals surface area contributed by atoms with Crippen molar-refractivity contribution in [1.29, 1.82) is 0 Å². The summed E-state index contributed by atoms with van der Waals surface area (Å²) >= 11 is 0. The van der Waals surface area contributed by atoms with Gasteiger partial charge in [-0.05, 0) is 31.6 Å². The number of aromatic nitrogens is 1. The molecule has 0 bridgehead atoms. The highest BCUT2D eigenvalue weighted by Crippen LogP contribution is 2.30. The summed E-state index contributed by atoms with van der Waals surface area (Å²) in [5, 5.41) is 13.9. The summed E-state index contributed by atoms with van der Waals surface area (Å²) in [6.07, 6.45) is 4.67. The van der Waals surface area contributed by atoms with Crippen LogP contribution in [0.2, 0.25) is 0 Å². The van der Waals surface area contributed by atoms with Crippen molar-refractivity contribution in [3.63, 3.8) is 0 Å². The molecule has 0 unspecified atom stereocenters. The Labute approximate surface area is 119 Å². The summed E-state index contributed by atoms with van der Waals surface area (Å²) in [7, 11) is 3.70. The number of nitrogens with one attached hydrogen (secondary N) is 1. The molecule has 1 heterocycles. The normalized spacial score (nSPS) is 22.4. The molecule has 110 valence electrons. The van der Waals surface area contributed by atoms with Gasteiger partial charge in [0.1, 0.15) is 11.6 Å². The lowest BCUT2D eigenvalue weighted by molar-refractivity contribution is -0.384. The first-order valence-electron chi connectivity index (χ1n) is 7.08. The molecule has 0 aliphatic heterocycles. The van der Waals surface area contributed by atoms with E-state index < -0.39 is 0 Å². The molecule has 1 aliphatic rings. The number of rotatable bonds is 4. The molecule has 1 saturated carbocycles. The van der Waals surface area contributed by atoms with Gasteiger partial charge in [-0.3, -0.25) is 10.1 Å². The third-order valence-corrected chi connectivity index (χ3v) is 4.16. The molecule has 0 atom stereocenters. The number of hydrogen-bond acceptors (Lipinski definition) is 5. The van der Waals surface area contributed by atoms with E-state index in [0.717, 1.165) is 18.8 Å². The summed E-state index contributed by atoms with van der Waals surface area (Å²) in [5.74, 6) is 1.99. The topological polar surface area (TPSA) is 71.3 Å². The number of nitrogens with zero attached hydrogens (tertiary/aromatic N) is 3. The first-order chi connectivity index (χ1) is 9.51. The standard InChI is InChI=1S/C14H22N4O2/c1-10-4-6-11(7-5-10)17(3)14-9-12(18(19)20)8-13(15-2)16-14/h8-11H,4-7H2,1-3H3,(H,15,16). The molecule has 1 fully saturated rings. The van der Waals surface area contributed by atoms with Crippen LogP contribution in [0.1, 0.15) is 32.6 Å². The smallest absolute Gasteiger partial charge is 0.276 e. The van der Waals surface area contributed by atoms with Gasteiger partial charge in [-0.25, -0.2) is 4.98 Å². The first kappa shape index (κ1) is 14.6. The minimum Gasteiger partial charge on any atom is -0.373 e. The lowest BCUT2D eigenvalue weighted by atomic mass is 9.87. The van der Waals surface area contributed by atoms with Gasteiger partial charge in [0.05, 0.1) is 17.1 Å². The molecule has 20 heavy (non-hydrogen) atoms. The molecule has 6 heteroatoms. The molecule has 0 spiro atoms. The molecule has 1 aliphatic carbocycles. The van der Waals surface area contributed by atoms with Gasteiger partial charge < -0.3 is 10.2 Å². The Kier molecular flexibility index (Phi) is 4.42. The fourth-order valence-electron chi connectivity index (χ4n) is 2.73. The van der Waals surface area contributed by atoms with E-state index in [4.69, 9.17) is 0 Å². The van der Waals surface area contributed by atoms with E-state index in [1.165, 1.54) is 18.9 Å². The predicted octanol–water partition coefficient (Wildman–Crippen LogP) is 3.05. The maximum Gasteiger partial charge on any atom is 0.276 e. The van der Waals surface area contributed by atoms with Crippen LogP contribution in [-0.4, -0.2) is 30.0 Å². The molecule has 1 N–H and O–H groups in total.